The van der Waals surface area contributed by atoms with Crippen molar-refractivity contribution in [2.45, 2.75) is 25.0 Å². The van der Waals surface area contributed by atoms with Crippen molar-refractivity contribution in [1.82, 2.24) is 10.3 Å². The number of aromatic nitrogens is 1. The fourth-order valence-electron chi connectivity index (χ4n) is 4.65. The smallest absolute Gasteiger partial charge is 0.407 e. The first-order chi connectivity index (χ1) is 18.1. The van der Waals surface area contributed by atoms with Crippen LogP contribution in [0.15, 0.2) is 97.2 Å². The number of hydrogen-bond acceptors (Lipinski definition) is 5. The summed E-state index contributed by atoms with van der Waals surface area (Å²) in [6.45, 7) is 0.353. The molecule has 1 unspecified atom stereocenters. The number of nitrogens with zero attached hydrogens (tertiary/aromatic N) is 1. The number of ether oxygens (including phenoxy) is 2. The molecule has 1 aromatic heterocycles. The van der Waals surface area contributed by atoms with E-state index in [1.165, 1.54) is 0 Å². The van der Waals surface area contributed by atoms with Gasteiger partial charge in [0.05, 0.1) is 5.69 Å². The molecule has 5 rings (SSSR count). The summed E-state index contributed by atoms with van der Waals surface area (Å²) in [4.78, 5) is 28.9. The van der Waals surface area contributed by atoms with Crippen LogP contribution in [0, 0.1) is 0 Å². The van der Waals surface area contributed by atoms with Crippen LogP contribution in [0.5, 0.6) is 5.75 Å². The van der Waals surface area contributed by atoms with Gasteiger partial charge in [-0.2, -0.15) is 0 Å². The van der Waals surface area contributed by atoms with Gasteiger partial charge >= 0.3 is 12.1 Å². The number of aliphatic carboxylic acids is 1. The summed E-state index contributed by atoms with van der Waals surface area (Å²) in [7, 11) is 0. The number of rotatable bonds is 9. The quantitative estimate of drug-likeness (QED) is 0.332. The average molecular weight is 495 g/mol. The zero-order valence-electron chi connectivity index (χ0n) is 20.0. The topological polar surface area (TPSA) is 97.8 Å². The Morgan fingerprint density at radius 3 is 2.19 bits per heavy atom. The third kappa shape index (κ3) is 5.46. The second-order valence-electron chi connectivity index (χ2n) is 8.78. The number of hydrogen-bond donors (Lipinski definition) is 2. The molecule has 0 spiro atoms. The highest BCUT2D eigenvalue weighted by atomic mass is 16.5. The highest BCUT2D eigenvalue weighted by molar-refractivity contribution is 5.81. The predicted octanol–water partition coefficient (Wildman–Crippen LogP) is 5.20. The molecule has 0 fully saturated rings. The lowest BCUT2D eigenvalue weighted by Gasteiger charge is -2.18. The Kier molecular flexibility index (Phi) is 7.12. The van der Waals surface area contributed by atoms with E-state index in [0.29, 0.717) is 11.3 Å². The Bertz CT molecular complexity index is 1360. The summed E-state index contributed by atoms with van der Waals surface area (Å²) < 4.78 is 11.4. The van der Waals surface area contributed by atoms with Crippen molar-refractivity contribution in [3.05, 3.63) is 120 Å². The number of carbonyl (C=O) groups excluding carboxylic acids is 1. The monoisotopic (exact) mass is 494 g/mol. The van der Waals surface area contributed by atoms with Crippen LogP contribution < -0.4 is 10.1 Å². The molecule has 3 aromatic carbocycles. The number of nitrogens with one attached hydrogen (secondary N) is 1. The predicted molar refractivity (Wildman–Crippen MR) is 138 cm³/mol. The molecule has 1 aliphatic carbocycles. The SMILES string of the molecule is O=C(NC(Cc1ccccc1OCc1ccccn1)C(=O)O)OCC1c2ccccc2-c2ccccc21. The molecule has 2 N–H and O–H groups in total. The van der Waals surface area contributed by atoms with Crippen molar-refractivity contribution in [3.8, 4) is 16.9 Å². The molecule has 1 amide bonds. The van der Waals surface area contributed by atoms with Gasteiger partial charge in [-0.25, -0.2) is 9.59 Å². The van der Waals surface area contributed by atoms with Crippen molar-refractivity contribution < 1.29 is 24.2 Å². The number of pyridine rings is 1. The lowest BCUT2D eigenvalue weighted by Crippen LogP contribution is -2.43. The van der Waals surface area contributed by atoms with E-state index in [9.17, 15) is 14.7 Å². The Labute approximate surface area is 214 Å². The van der Waals surface area contributed by atoms with E-state index < -0.39 is 18.1 Å². The molecule has 7 nitrogen and oxygen atoms in total. The second kappa shape index (κ2) is 11.0. The lowest BCUT2D eigenvalue weighted by molar-refractivity contribution is -0.139. The molecule has 0 saturated heterocycles. The minimum Gasteiger partial charge on any atom is -0.487 e. The average Bonchev–Trinajstić information content (AvgIpc) is 3.25. The van der Waals surface area contributed by atoms with E-state index in [4.69, 9.17) is 9.47 Å². The van der Waals surface area contributed by atoms with Crippen molar-refractivity contribution in [1.29, 1.82) is 0 Å². The number of carboxylic acid groups (broad SMARTS) is 1. The van der Waals surface area contributed by atoms with Gasteiger partial charge in [-0.3, -0.25) is 4.98 Å². The fraction of sp³-hybridized carbons (Fsp3) is 0.167. The third-order valence-electron chi connectivity index (χ3n) is 6.43. The molecule has 1 atom stereocenters. The van der Waals surface area contributed by atoms with Gasteiger partial charge in [0.2, 0.25) is 0 Å². The summed E-state index contributed by atoms with van der Waals surface area (Å²) >= 11 is 0. The van der Waals surface area contributed by atoms with Gasteiger partial charge in [0.15, 0.2) is 0 Å². The minimum atomic E-state index is -1.18. The van der Waals surface area contributed by atoms with Crippen LogP contribution in [0.1, 0.15) is 28.3 Å². The Morgan fingerprint density at radius 2 is 1.51 bits per heavy atom. The summed E-state index contributed by atoms with van der Waals surface area (Å²) in [5.74, 6) is -0.732. The van der Waals surface area contributed by atoms with Crippen LogP contribution in [0.2, 0.25) is 0 Å². The number of amides is 1. The third-order valence-corrected chi connectivity index (χ3v) is 6.43. The van der Waals surface area contributed by atoms with Gasteiger partial charge in [-0.15, -0.1) is 0 Å². The number of benzene rings is 3. The zero-order valence-corrected chi connectivity index (χ0v) is 20.0. The first kappa shape index (κ1) is 24.1. The fourth-order valence-corrected chi connectivity index (χ4v) is 4.65. The Balaban J connectivity index is 1.23. The summed E-state index contributed by atoms with van der Waals surface area (Å²) in [5, 5.41) is 12.3. The van der Waals surface area contributed by atoms with Crippen molar-refractivity contribution in [2.75, 3.05) is 6.61 Å². The van der Waals surface area contributed by atoms with E-state index in [1.807, 2.05) is 60.7 Å². The standard InChI is InChI=1S/C30H26N2O5/c33-29(34)27(17-20-9-1-6-15-28(20)36-18-21-10-7-8-16-31-21)32-30(35)37-19-26-24-13-4-2-11-22(24)23-12-3-5-14-25(23)26/h1-16,26-27H,17-19H2,(H,32,35)(H,33,34). The van der Waals surface area contributed by atoms with Crippen LogP contribution in [0.4, 0.5) is 4.79 Å². The number of carbonyl (C=O) groups is 2. The number of para-hydroxylation sites is 1. The second-order valence-corrected chi connectivity index (χ2v) is 8.78. The lowest BCUT2D eigenvalue weighted by atomic mass is 9.98. The molecule has 37 heavy (non-hydrogen) atoms. The van der Waals surface area contributed by atoms with E-state index in [-0.39, 0.29) is 25.6 Å². The van der Waals surface area contributed by atoms with Gasteiger partial charge in [-0.1, -0.05) is 72.8 Å². The van der Waals surface area contributed by atoms with Gasteiger partial charge in [0.25, 0.3) is 0 Å². The molecule has 186 valence electrons. The Hall–Kier alpha value is -4.65. The molecule has 0 radical (unpaired) electrons. The van der Waals surface area contributed by atoms with Crippen LogP contribution >= 0.6 is 0 Å². The number of fused-ring (bicyclic) bond motifs is 3. The van der Waals surface area contributed by atoms with Crippen LogP contribution in [-0.2, 0) is 22.6 Å². The van der Waals surface area contributed by atoms with Crippen molar-refractivity contribution in [3.63, 3.8) is 0 Å². The molecule has 0 saturated carbocycles. The van der Waals surface area contributed by atoms with E-state index in [1.54, 1.807) is 24.4 Å². The summed E-state index contributed by atoms with van der Waals surface area (Å²) in [5.41, 5.74) is 5.83. The van der Waals surface area contributed by atoms with Crippen molar-refractivity contribution in [2.24, 2.45) is 0 Å². The minimum absolute atomic E-state index is 0.0396. The van der Waals surface area contributed by atoms with E-state index in [0.717, 1.165) is 27.9 Å². The molecule has 0 bridgehead atoms. The van der Waals surface area contributed by atoms with Crippen molar-refractivity contribution >= 4 is 12.1 Å². The maximum atomic E-state index is 12.7. The Morgan fingerprint density at radius 1 is 0.865 bits per heavy atom. The highest BCUT2D eigenvalue weighted by Crippen LogP contribution is 2.44. The van der Waals surface area contributed by atoms with Crippen LogP contribution in [0.25, 0.3) is 11.1 Å². The molecule has 7 heteroatoms. The molecule has 1 heterocycles. The summed E-state index contributed by atoms with van der Waals surface area (Å²) in [6, 6.07) is 27.6. The first-order valence-corrected chi connectivity index (χ1v) is 12.0. The van der Waals surface area contributed by atoms with Gasteiger partial charge in [-0.05, 0) is 46.0 Å². The normalized spacial score (nSPS) is 12.8. The van der Waals surface area contributed by atoms with E-state index >= 15 is 0 Å². The maximum absolute atomic E-state index is 12.7. The largest absolute Gasteiger partial charge is 0.487 e. The van der Waals surface area contributed by atoms with Gasteiger partial charge in [0, 0.05) is 18.5 Å². The van der Waals surface area contributed by atoms with E-state index in [2.05, 4.69) is 22.4 Å². The molecule has 1 aliphatic rings. The molecular formula is C30H26N2O5. The summed E-state index contributed by atoms with van der Waals surface area (Å²) in [6.07, 6.45) is 0.947. The molecule has 4 aromatic rings. The maximum Gasteiger partial charge on any atom is 0.407 e. The highest BCUT2D eigenvalue weighted by Gasteiger charge is 2.30. The molecular weight excluding hydrogens is 468 g/mol. The van der Waals surface area contributed by atoms with Crippen LogP contribution in [-0.4, -0.2) is 34.8 Å². The molecule has 0 aliphatic heterocycles. The van der Waals surface area contributed by atoms with Crippen LogP contribution in [0.3, 0.4) is 0 Å². The first-order valence-electron chi connectivity index (χ1n) is 12.0. The number of alkyl carbamates (subject to hydrolysis) is 1. The van der Waals surface area contributed by atoms with Gasteiger partial charge in [0.1, 0.15) is 25.0 Å². The van der Waals surface area contributed by atoms with Gasteiger partial charge < -0.3 is 19.9 Å². The zero-order chi connectivity index (χ0) is 25.6. The number of carboxylic acids is 1.